The van der Waals surface area contributed by atoms with E-state index in [4.69, 9.17) is 8.22 Å². The largest absolute Gasteiger partial charge is 0.0597 e. The average molecular weight is 63.2 g/mol. The van der Waals surface area contributed by atoms with E-state index >= 15 is 0 Å². The predicted molar refractivity (Wildman–Crippen MR) is 20.3 cm³/mol. The van der Waals surface area contributed by atoms with Gasteiger partial charge in [-0.3, -0.25) is 0 Å². The molecule has 0 aliphatic rings. The lowest BCUT2D eigenvalue weighted by Crippen LogP contribution is -1.62. The van der Waals surface area contributed by atoms with Gasteiger partial charge in [-0.05, 0) is 5.92 Å². The van der Waals surface area contributed by atoms with Crippen LogP contribution in [0.3, 0.4) is 0 Å². The van der Waals surface area contributed by atoms with Crippen LogP contribution < -0.4 is 0 Å². The summed E-state index contributed by atoms with van der Waals surface area (Å²) in [6.07, 6.45) is 0. The Morgan fingerprint density at radius 3 is 2.25 bits per heavy atom. The fourth-order valence-electron chi connectivity index (χ4n) is 0. The van der Waals surface area contributed by atoms with Gasteiger partial charge in [0.25, 0.3) is 0 Å². The highest BCUT2D eigenvalue weighted by Gasteiger charge is 1.69. The first kappa shape index (κ1) is 0.444. The summed E-state index contributed by atoms with van der Waals surface area (Å²) in [4.78, 5) is 0. The third-order valence-corrected chi connectivity index (χ3v) is 0. The molecule has 0 bridgehead atoms. The summed E-state index contributed by atoms with van der Waals surface area (Å²) in [6, 6.07) is 0. The maximum Gasteiger partial charge on any atom is 0.0236 e. The Labute approximate surface area is 36.3 Å². The second-order valence-electron chi connectivity index (χ2n) is 0.625. The van der Waals surface area contributed by atoms with Gasteiger partial charge in [-0.25, -0.2) is 0 Å². The van der Waals surface area contributed by atoms with Crippen molar-refractivity contribution in [2.45, 2.75) is 20.6 Å². The number of rotatable bonds is 0. The summed E-state index contributed by atoms with van der Waals surface area (Å²) in [5.41, 5.74) is 0. The highest BCUT2D eigenvalue weighted by molar-refractivity contribution is 4.64. The first-order valence-electron chi connectivity index (χ1n) is 4.00. The van der Waals surface area contributed by atoms with Gasteiger partial charge in [0.15, 0.2) is 0 Å². The molecule has 0 aliphatic heterocycles. The predicted octanol–water partition coefficient (Wildman–Crippen LogP) is 1.62. The van der Waals surface area contributed by atoms with Gasteiger partial charge in [0.05, 0.1) is 0 Å². The lowest BCUT2D eigenvalue weighted by atomic mass is 10.3. The van der Waals surface area contributed by atoms with Crippen LogP contribution in [0.15, 0.2) is 0 Å². The highest BCUT2D eigenvalue weighted by atomic mass is 13.7. The molecule has 1 radical (unpaired) electrons. The molecule has 0 aromatic carbocycles. The Morgan fingerprint density at radius 2 is 2.25 bits per heavy atom. The third-order valence-electron chi connectivity index (χ3n) is 0. The van der Waals surface area contributed by atoms with Crippen LogP contribution in [-0.2, 0) is 0 Å². The molecule has 0 atom stereocenters. The summed E-state index contributed by atoms with van der Waals surface area (Å²) in [7, 11) is 0. The van der Waals surface area contributed by atoms with E-state index in [-0.39, 0.29) is 0 Å². The second-order valence-corrected chi connectivity index (χ2v) is 0.625. The molecule has 0 rings (SSSR count). The fraction of sp³-hybridized carbons (Fsp3) is 0.750. The van der Waals surface area contributed by atoms with Gasteiger partial charge < -0.3 is 0 Å². The van der Waals surface area contributed by atoms with Crippen molar-refractivity contribution in [3.05, 3.63) is 5.92 Å². The third kappa shape index (κ3) is 0. The Kier molecular flexibility index (Phi) is 0.148. The van der Waals surface area contributed by atoms with Crippen LogP contribution in [0.4, 0.5) is 0 Å². The normalized spacial score (nSPS) is 37.5. The zero-order chi connectivity index (χ0) is 8.58. The van der Waals surface area contributed by atoms with Crippen molar-refractivity contribution in [1.82, 2.24) is 0 Å². The van der Waals surface area contributed by atoms with Crippen LogP contribution in [0.1, 0.15) is 28.9 Å². The molecule has 0 unspecified atom stereocenters. The van der Waals surface area contributed by atoms with Crippen LogP contribution in [0.5, 0.6) is 0 Å². The molecule has 4 heavy (non-hydrogen) atoms. The Morgan fingerprint density at radius 1 is 1.75 bits per heavy atom. The molecule has 25 valence electrons. The summed E-state index contributed by atoms with van der Waals surface area (Å²) in [6.45, 7) is -3.78. The van der Waals surface area contributed by atoms with Gasteiger partial charge >= 0.3 is 0 Å². The van der Waals surface area contributed by atoms with E-state index in [1.807, 2.05) is 0 Å². The van der Waals surface area contributed by atoms with Gasteiger partial charge in [0.2, 0.25) is 0 Å². The van der Waals surface area contributed by atoms with Crippen molar-refractivity contribution in [1.29, 1.82) is 0 Å². The number of hydrogen-bond donors (Lipinski definition) is 0. The van der Waals surface area contributed by atoms with E-state index < -0.39 is 19.6 Å². The second kappa shape index (κ2) is 1.33. The van der Waals surface area contributed by atoms with E-state index in [0.29, 0.717) is 0 Å². The minimum atomic E-state index is -2.45. The molecule has 0 heterocycles. The van der Waals surface area contributed by atoms with Crippen molar-refractivity contribution in [3.63, 3.8) is 0 Å². The van der Waals surface area contributed by atoms with Crippen LogP contribution in [0.25, 0.3) is 0 Å². The summed E-state index contributed by atoms with van der Waals surface area (Å²) in [5, 5.41) is 0. The highest BCUT2D eigenvalue weighted by Crippen LogP contribution is 1.85. The summed E-state index contributed by atoms with van der Waals surface area (Å²) >= 11 is 0. The average Bonchev–Trinajstić information content (AvgIpc) is 1.59. The van der Waals surface area contributed by atoms with Gasteiger partial charge in [0, 0.05) is 8.22 Å². The molecule has 0 saturated carbocycles. The molecule has 0 fully saturated rings. The van der Waals surface area contributed by atoms with Crippen molar-refractivity contribution >= 4 is 0 Å². The Bertz CT molecular complexity index is 93.9. The van der Waals surface area contributed by atoms with Crippen LogP contribution in [0.2, 0.25) is 0 Å². The van der Waals surface area contributed by atoms with Crippen molar-refractivity contribution in [2.75, 3.05) is 0 Å². The van der Waals surface area contributed by atoms with E-state index in [1.165, 1.54) is 0 Å². The van der Waals surface area contributed by atoms with Crippen LogP contribution in [-0.4, -0.2) is 0 Å². The van der Waals surface area contributed by atoms with Crippen molar-refractivity contribution in [2.24, 2.45) is 0 Å². The zero-order valence-corrected chi connectivity index (χ0v) is 2.50. The van der Waals surface area contributed by atoms with E-state index in [0.717, 1.165) is 6.92 Å². The molecule has 0 aromatic rings. The van der Waals surface area contributed by atoms with Crippen molar-refractivity contribution in [3.8, 4) is 0 Å². The molecule has 0 heteroatoms. The smallest absolute Gasteiger partial charge is 0.0236 e. The van der Waals surface area contributed by atoms with Gasteiger partial charge in [-0.2, -0.15) is 0 Å². The van der Waals surface area contributed by atoms with Gasteiger partial charge in [-0.15, -0.1) is 0 Å². The molecular formula is C4H9. The molecule has 0 spiro atoms. The lowest BCUT2D eigenvalue weighted by molar-refractivity contribution is 1.10. The Hall–Kier alpha value is 0. The monoisotopic (exact) mass is 63.1 g/mol. The lowest BCUT2D eigenvalue weighted by Gasteiger charge is -1.78. The molecule has 0 aliphatic carbocycles. The van der Waals surface area contributed by atoms with Crippen molar-refractivity contribution < 1.29 is 8.22 Å². The van der Waals surface area contributed by atoms with Crippen LogP contribution in [0, 0.1) is 5.92 Å². The van der Waals surface area contributed by atoms with E-state index in [1.54, 1.807) is 0 Å². The molecule has 0 amide bonds. The molecule has 0 nitrogen and oxygen atoms in total. The minimum Gasteiger partial charge on any atom is -0.0597 e. The van der Waals surface area contributed by atoms with E-state index in [2.05, 4.69) is 0 Å². The van der Waals surface area contributed by atoms with E-state index in [9.17, 15) is 0 Å². The maximum atomic E-state index is 6.73. The van der Waals surface area contributed by atoms with Crippen LogP contribution >= 0.6 is 0 Å². The maximum absolute atomic E-state index is 6.73. The quantitative estimate of drug-likeness (QED) is 0.401. The fourth-order valence-corrected chi connectivity index (χ4v) is 0. The SMILES string of the molecule is [2H]C([2H])([2H])[C](C)C([2H])([2H])[2H]. The molecule has 0 N–H and O–H groups in total. The summed E-state index contributed by atoms with van der Waals surface area (Å²) in [5.74, 6) is -0.431. The minimum absolute atomic E-state index is 0.431. The number of hydrogen-bond acceptors (Lipinski definition) is 0. The topological polar surface area (TPSA) is 0 Å². The Balaban J connectivity index is 4.23. The van der Waals surface area contributed by atoms with Gasteiger partial charge in [-0.1, -0.05) is 20.6 Å². The molecular weight excluding hydrogens is 48.0 g/mol. The van der Waals surface area contributed by atoms with Gasteiger partial charge in [0.1, 0.15) is 0 Å². The zero-order valence-electron chi connectivity index (χ0n) is 8.50. The standard InChI is InChI=1S/C4H9/c1-4(2)3/h1-3H3/i1D3,2D3. The first-order chi connectivity index (χ1) is 4.15. The first-order valence-corrected chi connectivity index (χ1v) is 1.00. The molecule has 0 saturated heterocycles. The summed E-state index contributed by atoms with van der Waals surface area (Å²) < 4.78 is 40.4. The molecule has 0 aromatic heterocycles.